The van der Waals surface area contributed by atoms with Gasteiger partial charge in [0.25, 0.3) is 0 Å². The summed E-state index contributed by atoms with van der Waals surface area (Å²) in [7, 11) is 0. The van der Waals surface area contributed by atoms with Crippen molar-refractivity contribution in [1.82, 2.24) is 5.32 Å². The van der Waals surface area contributed by atoms with E-state index >= 15 is 0 Å². The molecule has 0 bridgehead atoms. The molecule has 92 valence electrons. The van der Waals surface area contributed by atoms with Gasteiger partial charge in [0.2, 0.25) is 0 Å². The quantitative estimate of drug-likeness (QED) is 0.552. The van der Waals surface area contributed by atoms with Gasteiger partial charge in [0.15, 0.2) is 0 Å². The first kappa shape index (κ1) is 13.8. The lowest BCUT2D eigenvalue weighted by atomic mass is 10.0. The molecule has 0 radical (unpaired) electrons. The van der Waals surface area contributed by atoms with Crippen LogP contribution in [0.3, 0.4) is 0 Å². The van der Waals surface area contributed by atoms with Crippen LogP contribution >= 0.6 is 0 Å². The molecule has 1 atom stereocenters. The van der Waals surface area contributed by atoms with Crippen molar-refractivity contribution in [3.8, 4) is 11.8 Å². The molecule has 0 saturated carbocycles. The van der Waals surface area contributed by atoms with Crippen LogP contribution in [0.4, 0.5) is 0 Å². The predicted molar refractivity (Wildman–Crippen MR) is 74.8 cm³/mol. The fourth-order valence-corrected chi connectivity index (χ4v) is 1.93. The van der Waals surface area contributed by atoms with Gasteiger partial charge in [0, 0.05) is 6.04 Å². The molecule has 1 heteroatoms. The van der Waals surface area contributed by atoms with Gasteiger partial charge in [-0.2, -0.15) is 0 Å². The number of hydrogen-bond acceptors (Lipinski definition) is 1. The Kier molecular flexibility index (Phi) is 7.18. The van der Waals surface area contributed by atoms with E-state index in [-0.39, 0.29) is 0 Å². The Morgan fingerprint density at radius 3 is 2.59 bits per heavy atom. The van der Waals surface area contributed by atoms with E-state index in [4.69, 9.17) is 0 Å². The summed E-state index contributed by atoms with van der Waals surface area (Å²) >= 11 is 0. The van der Waals surface area contributed by atoms with Crippen molar-refractivity contribution < 1.29 is 0 Å². The summed E-state index contributed by atoms with van der Waals surface area (Å²) in [6.45, 7) is 4.91. The Bertz CT molecular complexity index is 345. The van der Waals surface area contributed by atoms with Gasteiger partial charge in [-0.05, 0) is 18.9 Å². The van der Waals surface area contributed by atoms with E-state index in [1.54, 1.807) is 0 Å². The Morgan fingerprint density at radius 1 is 1.18 bits per heavy atom. The van der Waals surface area contributed by atoms with Crippen LogP contribution in [0.5, 0.6) is 0 Å². The van der Waals surface area contributed by atoms with Crippen molar-refractivity contribution >= 4 is 0 Å². The number of unbranched alkanes of at least 4 members (excludes halogenated alkanes) is 2. The smallest absolute Gasteiger partial charge is 0.0581 e. The third kappa shape index (κ3) is 5.56. The first-order valence-corrected chi connectivity index (χ1v) is 6.56. The van der Waals surface area contributed by atoms with E-state index in [0.717, 1.165) is 6.54 Å². The zero-order chi connectivity index (χ0) is 12.3. The van der Waals surface area contributed by atoms with Crippen molar-refractivity contribution in [3.05, 3.63) is 35.9 Å². The molecule has 1 aromatic rings. The minimum absolute atomic E-state index is 0.448. The van der Waals surface area contributed by atoms with E-state index < -0.39 is 0 Å². The third-order valence-electron chi connectivity index (χ3n) is 2.91. The summed E-state index contributed by atoms with van der Waals surface area (Å²) in [5.74, 6) is 6.01. The molecule has 0 aliphatic heterocycles. The average Bonchev–Trinajstić information content (AvgIpc) is 2.38. The van der Waals surface area contributed by atoms with Crippen molar-refractivity contribution in [2.24, 2.45) is 0 Å². The lowest BCUT2D eigenvalue weighted by Crippen LogP contribution is -2.21. The van der Waals surface area contributed by atoms with Gasteiger partial charge in [0.1, 0.15) is 0 Å². The van der Waals surface area contributed by atoms with Crippen LogP contribution in [0.2, 0.25) is 0 Å². The van der Waals surface area contributed by atoms with E-state index in [1.165, 1.54) is 31.2 Å². The fraction of sp³-hybridized carbons (Fsp3) is 0.500. The van der Waals surface area contributed by atoms with Gasteiger partial charge in [-0.3, -0.25) is 5.32 Å². The fourth-order valence-electron chi connectivity index (χ4n) is 1.93. The zero-order valence-corrected chi connectivity index (χ0v) is 11.0. The highest BCUT2D eigenvalue weighted by Gasteiger charge is 2.08. The highest BCUT2D eigenvalue weighted by molar-refractivity contribution is 5.19. The molecule has 0 heterocycles. The summed E-state index contributed by atoms with van der Waals surface area (Å²) < 4.78 is 0. The van der Waals surface area contributed by atoms with Crippen LogP contribution < -0.4 is 5.32 Å². The lowest BCUT2D eigenvalue weighted by molar-refractivity contribution is 0.498. The Balaban J connectivity index is 2.54. The number of benzene rings is 1. The standard InChI is InChI=1S/C16H23N/c1-3-5-8-13-16(17-14-6-4-2)15-11-9-7-10-12-15/h7,9-12,16-17H,3,5,8,13-14H2,1-2H3. The van der Waals surface area contributed by atoms with Gasteiger partial charge < -0.3 is 0 Å². The first-order valence-electron chi connectivity index (χ1n) is 6.56. The number of hydrogen-bond donors (Lipinski definition) is 1. The van der Waals surface area contributed by atoms with Crippen LogP contribution in [0.1, 0.15) is 51.1 Å². The third-order valence-corrected chi connectivity index (χ3v) is 2.91. The molecular formula is C16H23N. The molecule has 0 fully saturated rings. The molecule has 0 amide bonds. The summed E-state index contributed by atoms with van der Waals surface area (Å²) in [6, 6.07) is 11.1. The lowest BCUT2D eigenvalue weighted by Gasteiger charge is -2.17. The summed E-state index contributed by atoms with van der Waals surface area (Å²) in [6.07, 6.45) is 5.06. The Labute approximate surface area is 106 Å². The molecule has 0 aliphatic rings. The predicted octanol–water partition coefficient (Wildman–Crippen LogP) is 3.92. The molecule has 0 saturated heterocycles. The van der Waals surface area contributed by atoms with Crippen LogP contribution in [-0.4, -0.2) is 6.54 Å². The molecule has 0 spiro atoms. The van der Waals surface area contributed by atoms with Crippen LogP contribution in [-0.2, 0) is 0 Å². The second kappa shape index (κ2) is 8.84. The molecular weight excluding hydrogens is 206 g/mol. The van der Waals surface area contributed by atoms with Crippen molar-refractivity contribution in [2.75, 3.05) is 6.54 Å². The Hall–Kier alpha value is -1.26. The summed E-state index contributed by atoms with van der Waals surface area (Å²) in [4.78, 5) is 0. The second-order valence-corrected chi connectivity index (χ2v) is 4.27. The van der Waals surface area contributed by atoms with E-state index in [9.17, 15) is 0 Å². The highest BCUT2D eigenvalue weighted by atomic mass is 14.9. The van der Waals surface area contributed by atoms with Gasteiger partial charge >= 0.3 is 0 Å². The maximum absolute atomic E-state index is 3.52. The summed E-state index contributed by atoms with van der Waals surface area (Å²) in [5.41, 5.74) is 1.38. The molecule has 17 heavy (non-hydrogen) atoms. The van der Waals surface area contributed by atoms with Crippen LogP contribution in [0.25, 0.3) is 0 Å². The maximum Gasteiger partial charge on any atom is 0.0581 e. The van der Waals surface area contributed by atoms with Crippen molar-refractivity contribution in [1.29, 1.82) is 0 Å². The van der Waals surface area contributed by atoms with Crippen molar-refractivity contribution in [3.63, 3.8) is 0 Å². The largest absolute Gasteiger partial charge is 0.299 e. The highest BCUT2D eigenvalue weighted by Crippen LogP contribution is 2.19. The molecule has 1 rings (SSSR count). The van der Waals surface area contributed by atoms with Gasteiger partial charge in [-0.1, -0.05) is 62.4 Å². The zero-order valence-electron chi connectivity index (χ0n) is 11.0. The molecule has 1 aromatic carbocycles. The van der Waals surface area contributed by atoms with Gasteiger partial charge in [-0.25, -0.2) is 0 Å². The average molecular weight is 229 g/mol. The second-order valence-electron chi connectivity index (χ2n) is 4.27. The molecule has 1 nitrogen and oxygen atoms in total. The number of nitrogens with one attached hydrogen (secondary N) is 1. The monoisotopic (exact) mass is 229 g/mol. The number of rotatable bonds is 7. The van der Waals surface area contributed by atoms with E-state index in [1.807, 2.05) is 6.92 Å². The first-order chi connectivity index (χ1) is 8.38. The summed E-state index contributed by atoms with van der Waals surface area (Å²) in [5, 5.41) is 3.52. The van der Waals surface area contributed by atoms with Gasteiger partial charge in [0.05, 0.1) is 6.54 Å². The molecule has 0 aromatic heterocycles. The SMILES string of the molecule is CC#CCNC(CCCCC)c1ccccc1. The molecule has 1 unspecified atom stereocenters. The van der Waals surface area contributed by atoms with E-state index in [0.29, 0.717) is 6.04 Å². The van der Waals surface area contributed by atoms with E-state index in [2.05, 4.69) is 54.4 Å². The molecule has 1 N–H and O–H groups in total. The van der Waals surface area contributed by atoms with Crippen LogP contribution in [0, 0.1) is 11.8 Å². The topological polar surface area (TPSA) is 12.0 Å². The van der Waals surface area contributed by atoms with Gasteiger partial charge in [-0.15, -0.1) is 5.92 Å². The Morgan fingerprint density at radius 2 is 1.94 bits per heavy atom. The minimum Gasteiger partial charge on any atom is -0.299 e. The molecule has 0 aliphatic carbocycles. The van der Waals surface area contributed by atoms with Crippen molar-refractivity contribution in [2.45, 2.75) is 45.6 Å². The minimum atomic E-state index is 0.448. The maximum atomic E-state index is 3.52. The van der Waals surface area contributed by atoms with Crippen LogP contribution in [0.15, 0.2) is 30.3 Å². The normalized spacial score (nSPS) is 11.6.